The summed E-state index contributed by atoms with van der Waals surface area (Å²) >= 11 is 0. The highest BCUT2D eigenvalue weighted by molar-refractivity contribution is 7.89. The average Bonchev–Trinajstić information content (AvgIpc) is 2.54. The number of benzene rings is 2. The largest absolute Gasteiger partial charge is 0.387 e. The number of sulfonamides is 1. The zero-order chi connectivity index (χ0) is 16.4. The first kappa shape index (κ1) is 16.4. The molecule has 1 fully saturated rings. The summed E-state index contributed by atoms with van der Waals surface area (Å²) in [6.07, 6.45) is 0.742. The molecule has 3 rings (SSSR count). The molecule has 23 heavy (non-hydrogen) atoms. The van der Waals surface area contributed by atoms with Crippen LogP contribution in [0.5, 0.6) is 0 Å². The molecule has 0 aliphatic carbocycles. The summed E-state index contributed by atoms with van der Waals surface area (Å²) in [4.78, 5) is 1.98. The first-order valence-corrected chi connectivity index (χ1v) is 9.45. The van der Waals surface area contributed by atoms with Crippen LogP contribution in [0.4, 0.5) is 0 Å². The molecule has 1 aliphatic heterocycles. The predicted molar refractivity (Wildman–Crippen MR) is 91.5 cm³/mol. The van der Waals surface area contributed by atoms with Gasteiger partial charge in [-0.25, -0.2) is 13.6 Å². The Kier molecular flexibility index (Phi) is 4.68. The number of likely N-dealkylation sites (tertiary alicyclic amines) is 1. The smallest absolute Gasteiger partial charge is 0.213 e. The first-order chi connectivity index (χ1) is 10.9. The third-order valence-electron chi connectivity index (χ3n) is 4.52. The number of fused-ring (bicyclic) bond motifs is 1. The summed E-state index contributed by atoms with van der Waals surface area (Å²) in [6, 6.07) is 13.9. The number of primary sulfonamides is 1. The SMILES string of the molecule is NS(=O)(=O)C1CCCN(CC(O)c2ccc3ccccc3c2)C1. The van der Waals surface area contributed by atoms with Gasteiger partial charge >= 0.3 is 0 Å². The van der Waals surface area contributed by atoms with Gasteiger partial charge in [0.05, 0.1) is 11.4 Å². The van der Waals surface area contributed by atoms with Gasteiger partial charge in [0.25, 0.3) is 0 Å². The molecule has 6 heteroatoms. The van der Waals surface area contributed by atoms with E-state index in [0.29, 0.717) is 19.5 Å². The third kappa shape index (κ3) is 3.90. The number of hydrogen-bond donors (Lipinski definition) is 2. The second-order valence-corrected chi connectivity index (χ2v) is 8.08. The van der Waals surface area contributed by atoms with Gasteiger partial charge in [0, 0.05) is 13.1 Å². The number of hydrogen-bond acceptors (Lipinski definition) is 4. The fourth-order valence-corrected chi connectivity index (χ4v) is 4.13. The van der Waals surface area contributed by atoms with Crippen molar-refractivity contribution in [2.45, 2.75) is 24.2 Å². The Morgan fingerprint density at radius 3 is 2.70 bits per heavy atom. The lowest BCUT2D eigenvalue weighted by Crippen LogP contribution is -2.45. The Hall–Kier alpha value is -1.47. The third-order valence-corrected chi connectivity index (χ3v) is 5.83. The molecule has 0 aromatic heterocycles. The molecule has 1 aliphatic rings. The summed E-state index contributed by atoms with van der Waals surface area (Å²) in [5.74, 6) is 0. The van der Waals surface area contributed by atoms with E-state index in [-0.39, 0.29) is 0 Å². The molecule has 3 N–H and O–H groups in total. The van der Waals surface area contributed by atoms with Crippen molar-refractivity contribution in [2.24, 2.45) is 5.14 Å². The van der Waals surface area contributed by atoms with Crippen LogP contribution in [0.25, 0.3) is 10.8 Å². The van der Waals surface area contributed by atoms with E-state index in [2.05, 4.69) is 0 Å². The molecule has 0 bridgehead atoms. The van der Waals surface area contributed by atoms with Crippen molar-refractivity contribution in [3.05, 3.63) is 48.0 Å². The summed E-state index contributed by atoms with van der Waals surface area (Å²) < 4.78 is 23.0. The van der Waals surface area contributed by atoms with E-state index >= 15 is 0 Å². The van der Waals surface area contributed by atoms with E-state index in [1.165, 1.54) is 0 Å². The van der Waals surface area contributed by atoms with Crippen LogP contribution in [-0.2, 0) is 10.0 Å². The molecule has 2 unspecified atom stereocenters. The second-order valence-electron chi connectivity index (χ2n) is 6.24. The van der Waals surface area contributed by atoms with Crippen LogP contribution in [-0.4, -0.2) is 43.3 Å². The maximum Gasteiger partial charge on any atom is 0.213 e. The van der Waals surface area contributed by atoms with Crippen LogP contribution in [0.15, 0.2) is 42.5 Å². The summed E-state index contributed by atoms with van der Waals surface area (Å²) in [7, 11) is -3.51. The Labute approximate surface area is 136 Å². The van der Waals surface area contributed by atoms with Crippen LogP contribution in [0, 0.1) is 0 Å². The van der Waals surface area contributed by atoms with Gasteiger partial charge in [-0.15, -0.1) is 0 Å². The van der Waals surface area contributed by atoms with Gasteiger partial charge in [0.1, 0.15) is 0 Å². The van der Waals surface area contributed by atoms with Crippen LogP contribution < -0.4 is 5.14 Å². The van der Waals surface area contributed by atoms with Gasteiger partial charge in [-0.05, 0) is 41.8 Å². The van der Waals surface area contributed by atoms with E-state index in [0.717, 1.165) is 29.3 Å². The second kappa shape index (κ2) is 6.57. The lowest BCUT2D eigenvalue weighted by atomic mass is 10.0. The van der Waals surface area contributed by atoms with Gasteiger partial charge in [-0.3, -0.25) is 4.90 Å². The van der Waals surface area contributed by atoms with Crippen LogP contribution in [0.2, 0.25) is 0 Å². The predicted octanol–water partition coefficient (Wildman–Crippen LogP) is 1.63. The standard InChI is InChI=1S/C17H22N2O3S/c18-23(21,22)16-6-3-9-19(11-16)12-17(20)15-8-7-13-4-1-2-5-14(13)10-15/h1-2,4-5,7-8,10,16-17,20H,3,6,9,11-12H2,(H2,18,21,22). The van der Waals surface area contributed by atoms with E-state index in [1.807, 2.05) is 47.4 Å². The number of piperidine rings is 1. The minimum absolute atomic E-state index is 0.392. The average molecular weight is 334 g/mol. The molecule has 0 spiro atoms. The van der Waals surface area contributed by atoms with Crippen molar-refractivity contribution in [1.82, 2.24) is 4.90 Å². The molecular weight excluding hydrogens is 312 g/mol. The molecular formula is C17H22N2O3S. The van der Waals surface area contributed by atoms with Gasteiger partial charge in [-0.1, -0.05) is 36.4 Å². The van der Waals surface area contributed by atoms with Crippen LogP contribution in [0.3, 0.4) is 0 Å². The topological polar surface area (TPSA) is 83.6 Å². The van der Waals surface area contributed by atoms with Crippen LogP contribution in [0.1, 0.15) is 24.5 Å². The maximum absolute atomic E-state index is 11.5. The molecule has 0 amide bonds. The monoisotopic (exact) mass is 334 g/mol. The fraction of sp³-hybridized carbons (Fsp3) is 0.412. The zero-order valence-electron chi connectivity index (χ0n) is 12.9. The number of nitrogens with two attached hydrogens (primary N) is 1. The number of β-amino-alcohol motifs (C(OH)–C–C–N with tert-alkyl or cyclic N) is 1. The molecule has 1 heterocycles. The van der Waals surface area contributed by atoms with Crippen molar-refractivity contribution in [3.8, 4) is 0 Å². The van der Waals surface area contributed by atoms with Crippen molar-refractivity contribution in [2.75, 3.05) is 19.6 Å². The molecule has 2 atom stereocenters. The van der Waals surface area contributed by atoms with Gasteiger partial charge < -0.3 is 5.11 Å². The normalized spacial score (nSPS) is 21.4. The highest BCUT2D eigenvalue weighted by atomic mass is 32.2. The molecule has 2 aromatic rings. The Morgan fingerprint density at radius 2 is 1.96 bits per heavy atom. The van der Waals surface area contributed by atoms with Gasteiger partial charge in [-0.2, -0.15) is 0 Å². The quantitative estimate of drug-likeness (QED) is 0.890. The molecule has 1 saturated heterocycles. The van der Waals surface area contributed by atoms with E-state index in [1.54, 1.807) is 0 Å². The Balaban J connectivity index is 1.71. The van der Waals surface area contributed by atoms with Crippen LogP contribution >= 0.6 is 0 Å². The highest BCUT2D eigenvalue weighted by Gasteiger charge is 2.29. The molecule has 2 aromatic carbocycles. The van der Waals surface area contributed by atoms with Crippen molar-refractivity contribution >= 4 is 20.8 Å². The zero-order valence-corrected chi connectivity index (χ0v) is 13.7. The van der Waals surface area contributed by atoms with Crippen molar-refractivity contribution in [3.63, 3.8) is 0 Å². The van der Waals surface area contributed by atoms with E-state index in [9.17, 15) is 13.5 Å². The Morgan fingerprint density at radius 1 is 1.22 bits per heavy atom. The number of rotatable bonds is 4. The number of aliphatic hydroxyl groups excluding tert-OH is 1. The summed E-state index contributed by atoms with van der Waals surface area (Å²) in [5, 5.41) is 17.5. The maximum atomic E-state index is 11.5. The molecule has 124 valence electrons. The molecule has 0 radical (unpaired) electrons. The van der Waals surface area contributed by atoms with Gasteiger partial charge in [0.2, 0.25) is 10.0 Å². The van der Waals surface area contributed by atoms with Gasteiger partial charge in [0.15, 0.2) is 0 Å². The first-order valence-electron chi connectivity index (χ1n) is 7.84. The number of nitrogens with zero attached hydrogens (tertiary/aromatic N) is 1. The Bertz CT molecular complexity index is 791. The highest BCUT2D eigenvalue weighted by Crippen LogP contribution is 2.23. The lowest BCUT2D eigenvalue weighted by Gasteiger charge is -2.32. The van der Waals surface area contributed by atoms with E-state index in [4.69, 9.17) is 5.14 Å². The molecule has 0 saturated carbocycles. The van der Waals surface area contributed by atoms with Crippen molar-refractivity contribution in [1.29, 1.82) is 0 Å². The summed E-state index contributed by atoms with van der Waals surface area (Å²) in [6.45, 7) is 1.60. The lowest BCUT2D eigenvalue weighted by molar-refractivity contribution is 0.102. The minimum atomic E-state index is -3.51. The minimum Gasteiger partial charge on any atom is -0.387 e. The summed E-state index contributed by atoms with van der Waals surface area (Å²) in [5.41, 5.74) is 0.849. The number of aliphatic hydroxyl groups is 1. The van der Waals surface area contributed by atoms with Crippen molar-refractivity contribution < 1.29 is 13.5 Å². The van der Waals surface area contributed by atoms with E-state index < -0.39 is 21.4 Å². The fourth-order valence-electron chi connectivity index (χ4n) is 3.21. The molecule has 5 nitrogen and oxygen atoms in total.